The van der Waals surface area contributed by atoms with Gasteiger partial charge in [-0.3, -0.25) is 0 Å². The first kappa shape index (κ1) is 10.5. The molecule has 2 rings (SSSR count). The predicted molar refractivity (Wildman–Crippen MR) is 54.7 cm³/mol. The van der Waals surface area contributed by atoms with E-state index in [-0.39, 0.29) is 6.54 Å². The van der Waals surface area contributed by atoms with Gasteiger partial charge in [0.15, 0.2) is 0 Å². The average molecular weight is 212 g/mol. The van der Waals surface area contributed by atoms with E-state index in [9.17, 15) is 8.78 Å². The second-order valence-electron chi connectivity index (χ2n) is 3.73. The van der Waals surface area contributed by atoms with Crippen LogP contribution in [-0.2, 0) is 19.6 Å². The molecule has 0 atom stereocenters. The fourth-order valence-electron chi connectivity index (χ4n) is 1.78. The van der Waals surface area contributed by atoms with Gasteiger partial charge in [-0.1, -0.05) is 18.2 Å². The van der Waals surface area contributed by atoms with Crippen LogP contribution in [0.4, 0.5) is 8.78 Å². The molecule has 0 radical (unpaired) electrons. The molecular weight excluding hydrogens is 198 g/mol. The zero-order valence-corrected chi connectivity index (χ0v) is 8.39. The van der Waals surface area contributed by atoms with Gasteiger partial charge in [-0.25, -0.2) is 8.78 Å². The summed E-state index contributed by atoms with van der Waals surface area (Å²) in [7, 11) is 0. The molecule has 82 valence electrons. The predicted octanol–water partition coefficient (Wildman–Crippen LogP) is 1.64. The van der Waals surface area contributed by atoms with Gasteiger partial charge in [0.25, 0.3) is 6.43 Å². The van der Waals surface area contributed by atoms with Gasteiger partial charge in [0.05, 0.1) is 6.54 Å². The molecule has 15 heavy (non-hydrogen) atoms. The number of nitrogens with one attached hydrogen (secondary N) is 2. The molecule has 4 heteroatoms. The summed E-state index contributed by atoms with van der Waals surface area (Å²) in [5, 5.41) is 5.97. The van der Waals surface area contributed by atoms with E-state index >= 15 is 0 Å². The minimum absolute atomic E-state index is 0.241. The van der Waals surface area contributed by atoms with Crippen LogP contribution < -0.4 is 10.6 Å². The minimum Gasteiger partial charge on any atom is -0.309 e. The third-order valence-corrected chi connectivity index (χ3v) is 2.53. The van der Waals surface area contributed by atoms with Crippen LogP contribution in [0.2, 0.25) is 0 Å². The van der Waals surface area contributed by atoms with Crippen LogP contribution in [0.3, 0.4) is 0 Å². The Labute approximate surface area is 87.7 Å². The van der Waals surface area contributed by atoms with Gasteiger partial charge in [-0.2, -0.15) is 0 Å². The Morgan fingerprint density at radius 3 is 2.87 bits per heavy atom. The number of hydrogen-bond acceptors (Lipinski definition) is 2. The van der Waals surface area contributed by atoms with Gasteiger partial charge >= 0.3 is 0 Å². The molecule has 1 aromatic rings. The summed E-state index contributed by atoms with van der Waals surface area (Å²) < 4.78 is 23.8. The number of halogens is 2. The normalized spacial score (nSPS) is 14.6. The van der Waals surface area contributed by atoms with Crippen LogP contribution in [0.1, 0.15) is 16.7 Å². The van der Waals surface area contributed by atoms with Gasteiger partial charge in [0.1, 0.15) is 0 Å². The second kappa shape index (κ2) is 4.68. The highest BCUT2D eigenvalue weighted by Crippen LogP contribution is 2.16. The third-order valence-electron chi connectivity index (χ3n) is 2.53. The largest absolute Gasteiger partial charge is 0.309 e. The highest BCUT2D eigenvalue weighted by Gasteiger charge is 2.09. The van der Waals surface area contributed by atoms with E-state index in [1.54, 1.807) is 0 Å². The molecule has 0 aliphatic carbocycles. The lowest BCUT2D eigenvalue weighted by atomic mass is 10.1. The number of rotatable bonds is 4. The Morgan fingerprint density at radius 1 is 1.27 bits per heavy atom. The van der Waals surface area contributed by atoms with Crippen molar-refractivity contribution < 1.29 is 8.78 Å². The van der Waals surface area contributed by atoms with Crippen molar-refractivity contribution in [1.29, 1.82) is 0 Å². The van der Waals surface area contributed by atoms with E-state index in [0.717, 1.165) is 18.7 Å². The molecule has 1 aliphatic rings. The zero-order valence-electron chi connectivity index (χ0n) is 8.39. The first-order chi connectivity index (χ1) is 7.25. The van der Waals surface area contributed by atoms with Crippen molar-refractivity contribution in [2.75, 3.05) is 6.54 Å². The molecule has 0 amide bonds. The summed E-state index contributed by atoms with van der Waals surface area (Å²) in [4.78, 5) is 0. The van der Waals surface area contributed by atoms with Gasteiger partial charge in [0.2, 0.25) is 0 Å². The van der Waals surface area contributed by atoms with E-state index in [4.69, 9.17) is 0 Å². The van der Waals surface area contributed by atoms with Crippen LogP contribution >= 0.6 is 0 Å². The first-order valence-corrected chi connectivity index (χ1v) is 5.06. The van der Waals surface area contributed by atoms with E-state index in [0.29, 0.717) is 6.54 Å². The summed E-state index contributed by atoms with van der Waals surface area (Å²) in [5.41, 5.74) is 3.66. The van der Waals surface area contributed by atoms with Gasteiger partial charge in [0, 0.05) is 19.6 Å². The van der Waals surface area contributed by atoms with Gasteiger partial charge in [-0.05, 0) is 16.7 Å². The quantitative estimate of drug-likeness (QED) is 0.793. The molecule has 2 nitrogen and oxygen atoms in total. The van der Waals surface area contributed by atoms with Crippen molar-refractivity contribution in [2.24, 2.45) is 0 Å². The molecule has 0 saturated heterocycles. The maximum absolute atomic E-state index is 11.9. The lowest BCUT2D eigenvalue weighted by Gasteiger charge is -2.06. The number of fused-ring (bicyclic) bond motifs is 1. The van der Waals surface area contributed by atoms with E-state index < -0.39 is 6.43 Å². The fourth-order valence-corrected chi connectivity index (χ4v) is 1.78. The smallest absolute Gasteiger partial charge is 0.250 e. The highest BCUT2D eigenvalue weighted by molar-refractivity contribution is 5.34. The molecule has 1 aliphatic heterocycles. The van der Waals surface area contributed by atoms with Crippen molar-refractivity contribution in [1.82, 2.24) is 10.6 Å². The topological polar surface area (TPSA) is 24.1 Å². The molecule has 0 spiro atoms. The second-order valence-corrected chi connectivity index (χ2v) is 3.73. The van der Waals surface area contributed by atoms with Crippen molar-refractivity contribution in [3.8, 4) is 0 Å². The molecule has 2 N–H and O–H groups in total. The Kier molecular flexibility index (Phi) is 3.28. The summed E-state index contributed by atoms with van der Waals surface area (Å²) in [6.07, 6.45) is -2.28. The van der Waals surface area contributed by atoms with Crippen LogP contribution in [0.5, 0.6) is 0 Å². The third kappa shape index (κ3) is 2.73. The molecule has 0 fully saturated rings. The van der Waals surface area contributed by atoms with Crippen molar-refractivity contribution in [3.05, 3.63) is 34.9 Å². The Morgan fingerprint density at radius 2 is 2.07 bits per heavy atom. The summed E-state index contributed by atoms with van der Waals surface area (Å²) in [6.45, 7) is 2.07. The Hall–Kier alpha value is -1.00. The lowest BCUT2D eigenvalue weighted by molar-refractivity contribution is 0.145. The molecule has 0 unspecified atom stereocenters. The van der Waals surface area contributed by atoms with Gasteiger partial charge < -0.3 is 10.6 Å². The molecule has 0 aromatic heterocycles. The molecular formula is C11H14F2N2. The van der Waals surface area contributed by atoms with Crippen molar-refractivity contribution in [3.63, 3.8) is 0 Å². The molecule has 1 aromatic carbocycles. The van der Waals surface area contributed by atoms with Crippen molar-refractivity contribution in [2.45, 2.75) is 26.1 Å². The van der Waals surface area contributed by atoms with Crippen LogP contribution in [-0.4, -0.2) is 13.0 Å². The minimum atomic E-state index is -2.28. The number of benzene rings is 1. The lowest BCUT2D eigenvalue weighted by Crippen LogP contribution is -2.20. The summed E-state index contributed by atoms with van der Waals surface area (Å²) >= 11 is 0. The first-order valence-electron chi connectivity index (χ1n) is 5.06. The fraction of sp³-hybridized carbons (Fsp3) is 0.455. The van der Waals surface area contributed by atoms with E-state index in [1.165, 1.54) is 11.1 Å². The maximum atomic E-state index is 11.9. The Bertz CT molecular complexity index is 339. The zero-order chi connectivity index (χ0) is 10.7. The SMILES string of the molecule is FC(F)CNCc1ccc2c(c1)CNC2. The Balaban J connectivity index is 1.92. The van der Waals surface area contributed by atoms with Gasteiger partial charge in [-0.15, -0.1) is 0 Å². The summed E-state index contributed by atoms with van der Waals surface area (Å²) in [6, 6.07) is 6.13. The van der Waals surface area contributed by atoms with Crippen molar-refractivity contribution >= 4 is 0 Å². The van der Waals surface area contributed by atoms with Crippen LogP contribution in [0, 0.1) is 0 Å². The maximum Gasteiger partial charge on any atom is 0.250 e. The monoisotopic (exact) mass is 212 g/mol. The number of alkyl halides is 2. The van der Waals surface area contributed by atoms with E-state index in [1.807, 2.05) is 6.07 Å². The highest BCUT2D eigenvalue weighted by atomic mass is 19.3. The average Bonchev–Trinajstić information content (AvgIpc) is 2.64. The summed E-state index contributed by atoms with van der Waals surface area (Å²) in [5.74, 6) is 0. The molecule has 0 saturated carbocycles. The standard InChI is InChI=1S/C11H14F2N2/c12-11(13)7-14-4-8-1-2-9-5-15-6-10(9)3-8/h1-3,11,14-15H,4-7H2. The van der Waals surface area contributed by atoms with E-state index in [2.05, 4.69) is 22.8 Å². The molecule has 1 heterocycles. The molecule has 0 bridgehead atoms. The van der Waals surface area contributed by atoms with Crippen LogP contribution in [0.25, 0.3) is 0 Å². The number of hydrogen-bond donors (Lipinski definition) is 2. The van der Waals surface area contributed by atoms with Crippen LogP contribution in [0.15, 0.2) is 18.2 Å².